The second-order valence-electron chi connectivity index (χ2n) is 7.04. The van der Waals surface area contributed by atoms with Crippen LogP contribution >= 0.6 is 11.3 Å². The number of nitrogens with zero attached hydrogens (tertiary/aromatic N) is 2. The first-order valence-electron chi connectivity index (χ1n) is 8.25. The Morgan fingerprint density at radius 2 is 1.96 bits per heavy atom. The number of likely N-dealkylation sites (tertiary alicyclic amines) is 1. The van der Waals surface area contributed by atoms with Gasteiger partial charge in [-0.1, -0.05) is 12.1 Å². The summed E-state index contributed by atoms with van der Waals surface area (Å²) < 4.78 is 11.5. The molecule has 0 N–H and O–H groups in total. The molecule has 1 aliphatic rings. The number of aromatic nitrogens is 1. The molecule has 134 valence electrons. The molecule has 1 aromatic heterocycles. The van der Waals surface area contributed by atoms with Gasteiger partial charge in [0.25, 0.3) is 0 Å². The lowest BCUT2D eigenvalue weighted by Gasteiger charge is -2.30. The van der Waals surface area contributed by atoms with E-state index in [-0.39, 0.29) is 6.04 Å². The van der Waals surface area contributed by atoms with Crippen LogP contribution in [-0.2, 0) is 14.3 Å². The maximum Gasteiger partial charge on any atom is 0.411 e. The highest BCUT2D eigenvalue weighted by atomic mass is 32.1. The molecule has 0 spiro atoms. The van der Waals surface area contributed by atoms with Gasteiger partial charge in [0.05, 0.1) is 23.4 Å². The third-order valence-corrected chi connectivity index (χ3v) is 5.20. The summed E-state index contributed by atoms with van der Waals surface area (Å²) in [7, 11) is 1.33. The van der Waals surface area contributed by atoms with Gasteiger partial charge in [0.1, 0.15) is 16.7 Å². The molecule has 2 atom stereocenters. The van der Waals surface area contributed by atoms with Gasteiger partial charge < -0.3 is 9.47 Å². The highest BCUT2D eigenvalue weighted by Crippen LogP contribution is 2.40. The van der Waals surface area contributed by atoms with Gasteiger partial charge in [0.2, 0.25) is 0 Å². The Morgan fingerprint density at radius 1 is 1.24 bits per heavy atom. The molecule has 1 saturated heterocycles. The van der Waals surface area contributed by atoms with Crippen molar-refractivity contribution in [3.05, 3.63) is 29.3 Å². The van der Waals surface area contributed by atoms with Gasteiger partial charge in [-0.05, 0) is 45.7 Å². The van der Waals surface area contributed by atoms with Crippen LogP contribution in [0.25, 0.3) is 10.2 Å². The SMILES string of the molecule is COC(=O)[C@H]1CC[C@H](c2nc3ccccc3s2)N1C(=O)OC(C)(C)C. The first-order valence-corrected chi connectivity index (χ1v) is 9.06. The number of fused-ring (bicyclic) bond motifs is 1. The van der Waals surface area contributed by atoms with Crippen molar-refractivity contribution in [1.82, 2.24) is 9.88 Å². The maximum absolute atomic E-state index is 12.8. The second kappa shape index (κ2) is 6.63. The van der Waals surface area contributed by atoms with Gasteiger partial charge in [0, 0.05) is 0 Å². The van der Waals surface area contributed by atoms with Crippen LogP contribution in [-0.4, -0.2) is 40.7 Å². The quantitative estimate of drug-likeness (QED) is 0.758. The number of ether oxygens (including phenoxy) is 2. The van der Waals surface area contributed by atoms with Crippen molar-refractivity contribution in [2.75, 3.05) is 7.11 Å². The molecular weight excluding hydrogens is 340 g/mol. The molecule has 6 nitrogen and oxygen atoms in total. The Bertz CT molecular complexity index is 763. The van der Waals surface area contributed by atoms with E-state index in [1.165, 1.54) is 12.0 Å². The summed E-state index contributed by atoms with van der Waals surface area (Å²) in [6, 6.07) is 6.92. The second-order valence-corrected chi connectivity index (χ2v) is 8.10. The molecule has 25 heavy (non-hydrogen) atoms. The fourth-order valence-electron chi connectivity index (χ4n) is 3.02. The molecule has 1 amide bonds. The molecule has 2 aromatic rings. The van der Waals surface area contributed by atoms with E-state index in [4.69, 9.17) is 9.47 Å². The van der Waals surface area contributed by atoms with Crippen molar-refractivity contribution >= 4 is 33.6 Å². The van der Waals surface area contributed by atoms with E-state index in [0.29, 0.717) is 12.8 Å². The topological polar surface area (TPSA) is 68.7 Å². The Balaban J connectivity index is 1.95. The van der Waals surface area contributed by atoms with Crippen molar-refractivity contribution in [2.45, 2.75) is 51.3 Å². The highest BCUT2D eigenvalue weighted by Gasteiger charge is 2.45. The van der Waals surface area contributed by atoms with Crippen molar-refractivity contribution in [3.8, 4) is 0 Å². The molecule has 0 bridgehead atoms. The van der Waals surface area contributed by atoms with Crippen molar-refractivity contribution in [2.24, 2.45) is 0 Å². The minimum atomic E-state index is -0.642. The number of methoxy groups -OCH3 is 1. The molecular formula is C18H22N2O4S. The maximum atomic E-state index is 12.8. The summed E-state index contributed by atoms with van der Waals surface area (Å²) in [5.74, 6) is -0.422. The number of rotatable bonds is 2. The summed E-state index contributed by atoms with van der Waals surface area (Å²) in [6.07, 6.45) is 0.676. The van der Waals surface area contributed by atoms with E-state index in [0.717, 1.165) is 15.2 Å². The average Bonchev–Trinajstić information content (AvgIpc) is 3.15. The number of carbonyl (C=O) groups excluding carboxylic acids is 2. The summed E-state index contributed by atoms with van der Waals surface area (Å²) >= 11 is 1.54. The molecule has 1 aliphatic heterocycles. The zero-order chi connectivity index (χ0) is 18.2. The van der Waals surface area contributed by atoms with Gasteiger partial charge in [-0.2, -0.15) is 0 Å². The molecule has 0 aliphatic carbocycles. The van der Waals surface area contributed by atoms with E-state index < -0.39 is 23.7 Å². The van der Waals surface area contributed by atoms with Crippen LogP contribution in [0.5, 0.6) is 0 Å². The lowest BCUT2D eigenvalue weighted by Crippen LogP contribution is -2.44. The Hall–Kier alpha value is -2.15. The highest BCUT2D eigenvalue weighted by molar-refractivity contribution is 7.18. The number of para-hydroxylation sites is 1. The largest absolute Gasteiger partial charge is 0.467 e. The van der Waals surface area contributed by atoms with Crippen LogP contribution in [0, 0.1) is 0 Å². The van der Waals surface area contributed by atoms with Gasteiger partial charge in [-0.15, -0.1) is 11.3 Å². The van der Waals surface area contributed by atoms with Crippen LogP contribution < -0.4 is 0 Å². The smallest absolute Gasteiger partial charge is 0.411 e. The minimum Gasteiger partial charge on any atom is -0.467 e. The van der Waals surface area contributed by atoms with Gasteiger partial charge >= 0.3 is 12.1 Å². The van der Waals surface area contributed by atoms with Gasteiger partial charge in [-0.3, -0.25) is 4.90 Å². The van der Waals surface area contributed by atoms with Crippen molar-refractivity contribution in [1.29, 1.82) is 0 Å². The van der Waals surface area contributed by atoms with Crippen LogP contribution in [0.15, 0.2) is 24.3 Å². The van der Waals surface area contributed by atoms with Crippen LogP contribution in [0.4, 0.5) is 4.79 Å². The minimum absolute atomic E-state index is 0.281. The van der Waals surface area contributed by atoms with Crippen molar-refractivity contribution in [3.63, 3.8) is 0 Å². The third-order valence-electron chi connectivity index (χ3n) is 4.06. The first-order chi connectivity index (χ1) is 11.8. The molecule has 0 radical (unpaired) electrons. The number of benzene rings is 1. The van der Waals surface area contributed by atoms with E-state index >= 15 is 0 Å². The first kappa shape index (κ1) is 17.7. The number of thiazole rings is 1. The zero-order valence-corrected chi connectivity index (χ0v) is 15.6. The van der Waals surface area contributed by atoms with Crippen molar-refractivity contribution < 1.29 is 19.1 Å². The van der Waals surface area contributed by atoms with E-state index in [9.17, 15) is 9.59 Å². The van der Waals surface area contributed by atoms with Crippen LogP contribution in [0.1, 0.15) is 44.7 Å². The van der Waals surface area contributed by atoms with Crippen LogP contribution in [0.2, 0.25) is 0 Å². The van der Waals surface area contributed by atoms with Gasteiger partial charge in [-0.25, -0.2) is 14.6 Å². The third kappa shape index (κ3) is 3.61. The molecule has 0 saturated carbocycles. The number of esters is 1. The number of amides is 1. The number of carbonyl (C=O) groups is 2. The fourth-order valence-corrected chi connectivity index (χ4v) is 4.12. The predicted molar refractivity (Wildman–Crippen MR) is 95.5 cm³/mol. The monoisotopic (exact) mass is 362 g/mol. The molecule has 1 fully saturated rings. The Labute approximate surface area is 150 Å². The summed E-state index contributed by atoms with van der Waals surface area (Å²) in [4.78, 5) is 31.1. The fraction of sp³-hybridized carbons (Fsp3) is 0.500. The van der Waals surface area contributed by atoms with Gasteiger partial charge in [0.15, 0.2) is 0 Å². The Kier molecular flexibility index (Phi) is 4.69. The summed E-state index contributed by atoms with van der Waals surface area (Å²) in [6.45, 7) is 5.42. The molecule has 0 unspecified atom stereocenters. The molecule has 3 rings (SSSR count). The number of hydrogen-bond donors (Lipinski definition) is 0. The molecule has 1 aromatic carbocycles. The van der Waals surface area contributed by atoms with E-state index in [1.807, 2.05) is 24.3 Å². The van der Waals surface area contributed by atoms with Crippen LogP contribution in [0.3, 0.4) is 0 Å². The van der Waals surface area contributed by atoms with E-state index in [2.05, 4.69) is 4.98 Å². The Morgan fingerprint density at radius 3 is 2.60 bits per heavy atom. The molecule has 2 heterocycles. The molecule has 7 heteroatoms. The number of hydrogen-bond acceptors (Lipinski definition) is 6. The average molecular weight is 362 g/mol. The normalized spacial score (nSPS) is 20.7. The van der Waals surface area contributed by atoms with E-state index in [1.54, 1.807) is 32.1 Å². The predicted octanol–water partition coefficient (Wildman–Crippen LogP) is 3.91. The standard InChI is InChI=1S/C18H22N2O4S/c1-18(2,3)24-17(22)20-12(9-10-13(20)16(21)23-4)15-19-11-7-5-6-8-14(11)25-15/h5-8,12-13H,9-10H2,1-4H3/t12-,13-/m1/s1. The lowest BCUT2D eigenvalue weighted by molar-refractivity contribution is -0.146. The zero-order valence-electron chi connectivity index (χ0n) is 14.8. The summed E-state index contributed by atoms with van der Waals surface area (Å²) in [5, 5.41) is 0.818. The lowest BCUT2D eigenvalue weighted by atomic mass is 10.2. The summed E-state index contributed by atoms with van der Waals surface area (Å²) in [5.41, 5.74) is 0.256.